The number of nitrogens with zero attached hydrogens (tertiary/aromatic N) is 1. The van der Waals surface area contributed by atoms with Crippen LogP contribution in [0.2, 0.25) is 4.31 Å². The van der Waals surface area contributed by atoms with Crippen LogP contribution < -0.4 is 0 Å². The van der Waals surface area contributed by atoms with E-state index in [1.54, 1.807) is 0 Å². The van der Waals surface area contributed by atoms with Gasteiger partial charge in [0, 0.05) is 0 Å². The molecular formula is C14H19NSe. The van der Waals surface area contributed by atoms with Crippen LogP contribution in [0.15, 0.2) is 29.3 Å². The van der Waals surface area contributed by atoms with E-state index in [9.17, 15) is 0 Å². The summed E-state index contributed by atoms with van der Waals surface area (Å²) < 4.78 is 1.80. The Hall–Kier alpha value is -0.591. The van der Waals surface area contributed by atoms with Crippen molar-refractivity contribution in [3.05, 3.63) is 35.4 Å². The van der Waals surface area contributed by atoms with Gasteiger partial charge in [-0.15, -0.1) is 0 Å². The fraction of sp³-hybridized carbons (Fsp3) is 0.500. The molecule has 0 saturated carbocycles. The summed E-state index contributed by atoms with van der Waals surface area (Å²) in [6.07, 6.45) is 1.22. The molecule has 1 aliphatic heterocycles. The molecule has 1 nitrogen and oxygen atoms in total. The Labute approximate surface area is 105 Å². The van der Waals surface area contributed by atoms with E-state index in [1.165, 1.54) is 22.2 Å². The molecule has 16 heavy (non-hydrogen) atoms. The Morgan fingerprint density at radius 3 is 2.44 bits per heavy atom. The van der Waals surface area contributed by atoms with Crippen molar-refractivity contribution >= 4 is 19.6 Å². The molecule has 2 rings (SSSR count). The van der Waals surface area contributed by atoms with E-state index in [0.717, 1.165) is 0 Å². The van der Waals surface area contributed by atoms with Gasteiger partial charge in [0.25, 0.3) is 0 Å². The molecule has 0 spiro atoms. The summed E-state index contributed by atoms with van der Waals surface area (Å²) >= 11 is 0.495. The molecule has 1 aromatic carbocycles. The molecule has 1 atom stereocenters. The van der Waals surface area contributed by atoms with Crippen LogP contribution in [0, 0.1) is 6.92 Å². The van der Waals surface area contributed by atoms with Gasteiger partial charge < -0.3 is 0 Å². The molecule has 0 fully saturated rings. The van der Waals surface area contributed by atoms with Gasteiger partial charge in [-0.25, -0.2) is 0 Å². The predicted molar refractivity (Wildman–Crippen MR) is 71.6 cm³/mol. The second-order valence-corrected chi connectivity index (χ2v) is 8.77. The van der Waals surface area contributed by atoms with Crippen molar-refractivity contribution < 1.29 is 0 Å². The number of benzene rings is 1. The molecule has 0 aliphatic carbocycles. The monoisotopic (exact) mass is 281 g/mol. The van der Waals surface area contributed by atoms with Gasteiger partial charge in [0.1, 0.15) is 0 Å². The van der Waals surface area contributed by atoms with Crippen molar-refractivity contribution in [2.24, 2.45) is 4.99 Å². The first-order valence-electron chi connectivity index (χ1n) is 5.80. The number of aryl methyl sites for hydroxylation is 1. The maximum absolute atomic E-state index is 4.82. The summed E-state index contributed by atoms with van der Waals surface area (Å²) in [4.78, 5) is 4.82. The average molecular weight is 280 g/mol. The number of hydrogen-bond donors (Lipinski definition) is 0. The Kier molecular flexibility index (Phi) is 3.23. The zero-order valence-corrected chi connectivity index (χ0v) is 12.2. The van der Waals surface area contributed by atoms with Crippen LogP contribution in [0.1, 0.15) is 38.3 Å². The topological polar surface area (TPSA) is 12.4 Å². The van der Waals surface area contributed by atoms with Gasteiger partial charge in [0.2, 0.25) is 0 Å². The fourth-order valence-corrected chi connectivity index (χ4v) is 4.92. The van der Waals surface area contributed by atoms with Gasteiger partial charge >= 0.3 is 104 Å². The van der Waals surface area contributed by atoms with Gasteiger partial charge in [-0.05, 0) is 0 Å². The Bertz CT molecular complexity index is 403. The van der Waals surface area contributed by atoms with Crippen LogP contribution in [0.25, 0.3) is 0 Å². The molecular weight excluding hydrogens is 261 g/mol. The number of rotatable bonds is 1. The van der Waals surface area contributed by atoms with Gasteiger partial charge in [-0.3, -0.25) is 0 Å². The van der Waals surface area contributed by atoms with E-state index in [-0.39, 0.29) is 0 Å². The van der Waals surface area contributed by atoms with E-state index in [2.05, 4.69) is 52.0 Å². The van der Waals surface area contributed by atoms with E-state index in [4.69, 9.17) is 4.99 Å². The van der Waals surface area contributed by atoms with Crippen molar-refractivity contribution in [1.29, 1.82) is 0 Å². The molecule has 1 unspecified atom stereocenters. The summed E-state index contributed by atoms with van der Waals surface area (Å²) in [5.74, 6) is 0. The van der Waals surface area contributed by atoms with Crippen LogP contribution in [0.4, 0.5) is 0 Å². The van der Waals surface area contributed by atoms with Gasteiger partial charge in [-0.2, -0.15) is 0 Å². The Morgan fingerprint density at radius 1 is 1.25 bits per heavy atom. The van der Waals surface area contributed by atoms with Gasteiger partial charge in [0.05, 0.1) is 0 Å². The summed E-state index contributed by atoms with van der Waals surface area (Å²) in [7, 11) is 0. The predicted octanol–water partition coefficient (Wildman–Crippen LogP) is 3.44. The van der Waals surface area contributed by atoms with Crippen LogP contribution in [0.3, 0.4) is 0 Å². The van der Waals surface area contributed by atoms with Crippen molar-refractivity contribution in [3.63, 3.8) is 0 Å². The zero-order valence-electron chi connectivity index (χ0n) is 10.4. The molecule has 1 aliphatic rings. The summed E-state index contributed by atoms with van der Waals surface area (Å²) in [5, 5.41) is 0. The molecule has 0 radical (unpaired) electrons. The first-order chi connectivity index (χ1) is 7.46. The van der Waals surface area contributed by atoms with Crippen LogP contribution >= 0.6 is 0 Å². The van der Waals surface area contributed by atoms with Gasteiger partial charge in [-0.1, -0.05) is 0 Å². The average Bonchev–Trinajstić information content (AvgIpc) is 2.15. The molecule has 1 heterocycles. The molecule has 0 aromatic heterocycles. The first-order valence-corrected chi connectivity index (χ1v) is 7.51. The Morgan fingerprint density at radius 2 is 1.88 bits per heavy atom. The fourth-order valence-electron chi connectivity index (χ4n) is 2.12. The van der Waals surface area contributed by atoms with Crippen molar-refractivity contribution in [2.75, 3.05) is 0 Å². The van der Waals surface area contributed by atoms with Gasteiger partial charge in [0.15, 0.2) is 0 Å². The second kappa shape index (κ2) is 4.35. The third kappa shape index (κ3) is 2.75. The quantitative estimate of drug-likeness (QED) is 0.699. The van der Waals surface area contributed by atoms with Crippen LogP contribution in [-0.2, 0) is 0 Å². The van der Waals surface area contributed by atoms with Crippen molar-refractivity contribution in [2.45, 2.75) is 44.5 Å². The first kappa shape index (κ1) is 11.9. The van der Waals surface area contributed by atoms with Crippen molar-refractivity contribution in [3.8, 4) is 0 Å². The van der Waals surface area contributed by atoms with E-state index in [1.807, 2.05) is 0 Å². The van der Waals surface area contributed by atoms with E-state index < -0.39 is 0 Å². The number of aliphatic imine (C=N–C) groups is 1. The molecule has 0 amide bonds. The molecule has 2 heteroatoms. The van der Waals surface area contributed by atoms with E-state index >= 15 is 0 Å². The molecule has 86 valence electrons. The summed E-state index contributed by atoms with van der Waals surface area (Å²) in [6.45, 7) is 9.09. The van der Waals surface area contributed by atoms with Crippen LogP contribution in [-0.4, -0.2) is 25.6 Å². The third-order valence-corrected chi connectivity index (χ3v) is 5.43. The van der Waals surface area contributed by atoms with Crippen LogP contribution in [0.5, 0.6) is 0 Å². The molecule has 0 bridgehead atoms. The SMILES string of the molecule is Cc1ccc(C2=NC(C)CC(C)(C)[Se]2)cc1. The minimum absolute atomic E-state index is 0.453. The summed E-state index contributed by atoms with van der Waals surface area (Å²) in [5.41, 5.74) is 2.64. The van der Waals surface area contributed by atoms with Crippen molar-refractivity contribution in [1.82, 2.24) is 0 Å². The van der Waals surface area contributed by atoms with E-state index in [0.29, 0.717) is 25.3 Å². The molecule has 0 saturated heterocycles. The maximum atomic E-state index is 4.82. The molecule has 1 aromatic rings. The number of hydrogen-bond acceptors (Lipinski definition) is 1. The third-order valence-electron chi connectivity index (χ3n) is 2.80. The summed E-state index contributed by atoms with van der Waals surface area (Å²) in [6, 6.07) is 9.26. The second-order valence-electron chi connectivity index (χ2n) is 5.22. The Balaban J connectivity index is 2.30. The molecule has 0 N–H and O–H groups in total. The minimum atomic E-state index is 0.453. The zero-order chi connectivity index (χ0) is 11.8. The standard InChI is InChI=1S/C14H19NSe/c1-10-5-7-12(8-6-10)13-15-11(2)9-14(3,4)16-13/h5-8,11H,9H2,1-4H3. The normalized spacial score (nSPS) is 24.0.